The Morgan fingerprint density at radius 2 is 1.79 bits per heavy atom. The van der Waals surface area contributed by atoms with E-state index in [1.807, 2.05) is 18.2 Å². The Balaban J connectivity index is 1.41. The molecule has 0 aromatic heterocycles. The first kappa shape index (κ1) is 23.8. The molecule has 3 heterocycles. The zero-order chi connectivity index (χ0) is 23.4. The topological polar surface area (TPSA) is 80.3 Å². The number of methoxy groups -OCH3 is 2. The maximum atomic E-state index is 13.6. The number of carbonyl (C=O) groups excluding carboxylic acids is 2. The van der Waals surface area contributed by atoms with Gasteiger partial charge in [0.05, 0.1) is 26.9 Å². The standard InChI is InChI=1S/C25H37N3O5/c1-4-9-25(23(29)28(24(30)26-25)17-20-6-5-12-33-20)19-7-10-27(11-8-19)16-18-13-21(31-2)15-22(14-18)32-3/h13-15,19-20H,4-12,16-17H2,1-3H3,(H,26,30)/t20-,25+/m0/s1. The average molecular weight is 460 g/mol. The fraction of sp³-hybridized carbons (Fsp3) is 0.680. The Bertz CT molecular complexity index is 826. The summed E-state index contributed by atoms with van der Waals surface area (Å²) in [6, 6.07) is 5.70. The molecule has 0 spiro atoms. The van der Waals surface area contributed by atoms with E-state index in [9.17, 15) is 9.59 Å². The number of ether oxygens (including phenoxy) is 3. The number of likely N-dealkylation sites (tertiary alicyclic amines) is 1. The number of carbonyl (C=O) groups is 2. The number of benzene rings is 1. The Labute approximate surface area is 196 Å². The Morgan fingerprint density at radius 1 is 1.09 bits per heavy atom. The Kier molecular flexibility index (Phi) is 7.44. The van der Waals surface area contributed by atoms with Crippen molar-refractivity contribution in [2.75, 3.05) is 40.5 Å². The Morgan fingerprint density at radius 3 is 2.36 bits per heavy atom. The minimum Gasteiger partial charge on any atom is -0.497 e. The van der Waals surface area contributed by atoms with Crippen molar-refractivity contribution >= 4 is 11.9 Å². The summed E-state index contributed by atoms with van der Waals surface area (Å²) in [7, 11) is 3.32. The van der Waals surface area contributed by atoms with Gasteiger partial charge < -0.3 is 19.5 Å². The second-order valence-electron chi connectivity index (χ2n) is 9.47. The van der Waals surface area contributed by atoms with Crippen molar-refractivity contribution < 1.29 is 23.8 Å². The third-order valence-electron chi connectivity index (χ3n) is 7.36. The highest BCUT2D eigenvalue weighted by molar-refractivity contribution is 6.07. The third kappa shape index (κ3) is 4.96. The minimum absolute atomic E-state index is 0.0289. The zero-order valence-electron chi connectivity index (χ0n) is 20.1. The molecule has 8 nitrogen and oxygen atoms in total. The SMILES string of the molecule is CCC[C@]1(C2CCN(Cc3cc(OC)cc(OC)c3)CC2)NC(=O)N(C[C@@H]2CCCO2)C1=O. The van der Waals surface area contributed by atoms with Crippen LogP contribution in [0.25, 0.3) is 0 Å². The van der Waals surface area contributed by atoms with E-state index in [-0.39, 0.29) is 24.0 Å². The monoisotopic (exact) mass is 459 g/mol. The lowest BCUT2D eigenvalue weighted by Crippen LogP contribution is -2.56. The quantitative estimate of drug-likeness (QED) is 0.572. The van der Waals surface area contributed by atoms with E-state index in [0.717, 1.165) is 68.8 Å². The van der Waals surface area contributed by atoms with E-state index in [1.165, 1.54) is 4.90 Å². The summed E-state index contributed by atoms with van der Waals surface area (Å²) in [6.07, 6.45) is 5.15. The van der Waals surface area contributed by atoms with E-state index in [1.54, 1.807) is 14.2 Å². The molecule has 3 amide bonds. The van der Waals surface area contributed by atoms with Gasteiger partial charge in [0.1, 0.15) is 17.0 Å². The average Bonchev–Trinajstić information content (AvgIpc) is 3.42. The van der Waals surface area contributed by atoms with Crippen molar-refractivity contribution in [1.82, 2.24) is 15.1 Å². The molecule has 0 radical (unpaired) electrons. The van der Waals surface area contributed by atoms with Crippen LogP contribution in [0, 0.1) is 5.92 Å². The van der Waals surface area contributed by atoms with Crippen LogP contribution in [0.5, 0.6) is 11.5 Å². The molecule has 182 valence electrons. The van der Waals surface area contributed by atoms with Crippen molar-refractivity contribution in [3.63, 3.8) is 0 Å². The summed E-state index contributed by atoms with van der Waals surface area (Å²) in [5.41, 5.74) is 0.358. The molecule has 1 aromatic rings. The van der Waals surface area contributed by atoms with Gasteiger partial charge >= 0.3 is 6.03 Å². The second-order valence-corrected chi connectivity index (χ2v) is 9.47. The van der Waals surface area contributed by atoms with Crippen LogP contribution in [0.15, 0.2) is 18.2 Å². The molecule has 8 heteroatoms. The smallest absolute Gasteiger partial charge is 0.325 e. The van der Waals surface area contributed by atoms with Crippen LogP contribution < -0.4 is 14.8 Å². The summed E-state index contributed by atoms with van der Waals surface area (Å²) in [5.74, 6) is 1.65. The molecule has 33 heavy (non-hydrogen) atoms. The number of amides is 3. The van der Waals surface area contributed by atoms with Gasteiger partial charge in [0.15, 0.2) is 0 Å². The maximum Gasteiger partial charge on any atom is 0.325 e. The van der Waals surface area contributed by atoms with Crippen LogP contribution in [0.3, 0.4) is 0 Å². The maximum absolute atomic E-state index is 13.6. The lowest BCUT2D eigenvalue weighted by Gasteiger charge is -2.41. The van der Waals surface area contributed by atoms with Gasteiger partial charge in [0, 0.05) is 19.2 Å². The summed E-state index contributed by atoms with van der Waals surface area (Å²) in [6.45, 7) is 5.72. The lowest BCUT2D eigenvalue weighted by atomic mass is 9.74. The fourth-order valence-electron chi connectivity index (χ4n) is 5.65. The third-order valence-corrected chi connectivity index (χ3v) is 7.36. The van der Waals surface area contributed by atoms with Crippen molar-refractivity contribution in [2.45, 2.75) is 63.6 Å². The zero-order valence-corrected chi connectivity index (χ0v) is 20.1. The molecule has 4 rings (SSSR count). The Hall–Kier alpha value is -2.32. The summed E-state index contributed by atoms with van der Waals surface area (Å²) in [5, 5.41) is 3.14. The van der Waals surface area contributed by atoms with Crippen LogP contribution in [0.1, 0.15) is 51.0 Å². The van der Waals surface area contributed by atoms with Gasteiger partial charge in [-0.25, -0.2) is 4.79 Å². The summed E-state index contributed by atoms with van der Waals surface area (Å²) in [4.78, 5) is 30.2. The summed E-state index contributed by atoms with van der Waals surface area (Å²) < 4.78 is 16.5. The van der Waals surface area contributed by atoms with Crippen LogP contribution >= 0.6 is 0 Å². The number of nitrogens with zero attached hydrogens (tertiary/aromatic N) is 2. The molecule has 1 N–H and O–H groups in total. The van der Waals surface area contributed by atoms with Gasteiger partial charge in [-0.05, 0) is 68.8 Å². The molecule has 0 aliphatic carbocycles. The van der Waals surface area contributed by atoms with Crippen molar-refractivity contribution in [1.29, 1.82) is 0 Å². The highest BCUT2D eigenvalue weighted by Crippen LogP contribution is 2.38. The van der Waals surface area contributed by atoms with Gasteiger partial charge in [0.2, 0.25) is 0 Å². The van der Waals surface area contributed by atoms with E-state index in [4.69, 9.17) is 14.2 Å². The van der Waals surface area contributed by atoms with Gasteiger partial charge in [0.25, 0.3) is 5.91 Å². The van der Waals surface area contributed by atoms with Crippen molar-refractivity contribution in [3.8, 4) is 11.5 Å². The molecule has 3 aliphatic heterocycles. The number of hydrogen-bond acceptors (Lipinski definition) is 6. The molecular weight excluding hydrogens is 422 g/mol. The molecule has 1 aromatic carbocycles. The van der Waals surface area contributed by atoms with E-state index in [2.05, 4.69) is 17.1 Å². The van der Waals surface area contributed by atoms with Crippen LogP contribution in [-0.2, 0) is 16.1 Å². The van der Waals surface area contributed by atoms with Gasteiger partial charge in [-0.1, -0.05) is 13.3 Å². The predicted octanol–water partition coefficient (Wildman–Crippen LogP) is 3.19. The number of hydrogen-bond donors (Lipinski definition) is 1. The molecule has 3 aliphatic rings. The van der Waals surface area contributed by atoms with Gasteiger partial charge in [-0.15, -0.1) is 0 Å². The number of imide groups is 1. The fourth-order valence-corrected chi connectivity index (χ4v) is 5.65. The lowest BCUT2D eigenvalue weighted by molar-refractivity contribution is -0.135. The molecule has 0 unspecified atom stereocenters. The highest BCUT2D eigenvalue weighted by Gasteiger charge is 2.55. The van der Waals surface area contributed by atoms with Crippen LogP contribution in [0.2, 0.25) is 0 Å². The number of nitrogens with one attached hydrogen (secondary N) is 1. The number of piperidine rings is 1. The number of urea groups is 1. The molecule has 0 bridgehead atoms. The first-order valence-corrected chi connectivity index (χ1v) is 12.2. The largest absolute Gasteiger partial charge is 0.497 e. The molecule has 2 atom stereocenters. The van der Waals surface area contributed by atoms with E-state index >= 15 is 0 Å². The van der Waals surface area contributed by atoms with E-state index < -0.39 is 5.54 Å². The minimum atomic E-state index is -0.782. The van der Waals surface area contributed by atoms with Gasteiger partial charge in [-0.2, -0.15) is 0 Å². The number of rotatable bonds is 9. The normalized spacial score (nSPS) is 26.6. The second kappa shape index (κ2) is 10.3. The molecule has 3 fully saturated rings. The molecule has 3 saturated heterocycles. The van der Waals surface area contributed by atoms with Crippen LogP contribution in [0.4, 0.5) is 4.79 Å². The molecular formula is C25H37N3O5. The van der Waals surface area contributed by atoms with Crippen LogP contribution in [-0.4, -0.2) is 73.8 Å². The predicted molar refractivity (Wildman–Crippen MR) is 124 cm³/mol. The van der Waals surface area contributed by atoms with Crippen molar-refractivity contribution in [2.24, 2.45) is 5.92 Å². The van der Waals surface area contributed by atoms with Gasteiger partial charge in [-0.3, -0.25) is 14.6 Å². The summed E-state index contributed by atoms with van der Waals surface area (Å²) >= 11 is 0. The highest BCUT2D eigenvalue weighted by atomic mass is 16.5. The first-order valence-electron chi connectivity index (χ1n) is 12.2. The van der Waals surface area contributed by atoms with Crippen molar-refractivity contribution in [3.05, 3.63) is 23.8 Å². The molecule has 0 saturated carbocycles. The first-order chi connectivity index (χ1) is 16.0. The van der Waals surface area contributed by atoms with E-state index in [0.29, 0.717) is 19.6 Å².